The molecule has 0 aromatic carbocycles. The SMILES string of the molecule is CC(C)NC1CCC(N2CCOCC2)CC1. The Morgan fingerprint density at radius 1 is 1.06 bits per heavy atom. The number of hydrogen-bond donors (Lipinski definition) is 1. The van der Waals surface area contributed by atoms with Crippen molar-refractivity contribution in [2.75, 3.05) is 26.3 Å². The zero-order valence-corrected chi connectivity index (χ0v) is 10.7. The molecule has 0 radical (unpaired) electrons. The molecular weight excluding hydrogens is 200 g/mol. The van der Waals surface area contributed by atoms with Crippen molar-refractivity contribution in [2.45, 2.75) is 57.7 Å². The van der Waals surface area contributed by atoms with Crippen LogP contribution in [0, 0.1) is 0 Å². The van der Waals surface area contributed by atoms with Crippen molar-refractivity contribution in [1.82, 2.24) is 10.2 Å². The second-order valence-corrected chi connectivity index (χ2v) is 5.48. The summed E-state index contributed by atoms with van der Waals surface area (Å²) in [5, 5.41) is 3.66. The van der Waals surface area contributed by atoms with E-state index in [1.807, 2.05) is 0 Å². The van der Waals surface area contributed by atoms with Gasteiger partial charge in [-0.3, -0.25) is 4.90 Å². The minimum absolute atomic E-state index is 0.630. The van der Waals surface area contributed by atoms with Crippen molar-refractivity contribution in [1.29, 1.82) is 0 Å². The van der Waals surface area contributed by atoms with Crippen LogP contribution in [-0.4, -0.2) is 49.3 Å². The molecule has 1 N–H and O–H groups in total. The monoisotopic (exact) mass is 226 g/mol. The van der Waals surface area contributed by atoms with E-state index in [-0.39, 0.29) is 0 Å². The van der Waals surface area contributed by atoms with Crippen molar-refractivity contribution >= 4 is 0 Å². The van der Waals surface area contributed by atoms with Gasteiger partial charge in [0.15, 0.2) is 0 Å². The molecule has 0 amide bonds. The lowest BCUT2D eigenvalue weighted by Crippen LogP contribution is -2.47. The number of hydrogen-bond acceptors (Lipinski definition) is 3. The molecule has 1 aliphatic carbocycles. The van der Waals surface area contributed by atoms with Crippen LogP contribution in [-0.2, 0) is 4.74 Å². The highest BCUT2D eigenvalue weighted by atomic mass is 16.5. The molecular formula is C13H26N2O. The van der Waals surface area contributed by atoms with Crippen LogP contribution in [0.15, 0.2) is 0 Å². The fourth-order valence-corrected chi connectivity index (χ4v) is 3.02. The summed E-state index contributed by atoms with van der Waals surface area (Å²) in [6, 6.07) is 2.22. The summed E-state index contributed by atoms with van der Waals surface area (Å²) in [5.74, 6) is 0. The Hall–Kier alpha value is -0.120. The van der Waals surface area contributed by atoms with Crippen molar-refractivity contribution in [3.63, 3.8) is 0 Å². The smallest absolute Gasteiger partial charge is 0.0594 e. The highest BCUT2D eigenvalue weighted by molar-refractivity contribution is 4.84. The zero-order chi connectivity index (χ0) is 11.4. The molecule has 94 valence electrons. The molecule has 2 fully saturated rings. The molecule has 3 nitrogen and oxygen atoms in total. The Labute approximate surface area is 99.5 Å². The molecule has 1 heterocycles. The molecule has 0 bridgehead atoms. The summed E-state index contributed by atoms with van der Waals surface area (Å²) in [6.45, 7) is 8.65. The Kier molecular flexibility index (Phi) is 4.62. The van der Waals surface area contributed by atoms with Crippen LogP contribution in [0.25, 0.3) is 0 Å². The molecule has 1 aliphatic heterocycles. The van der Waals surface area contributed by atoms with Crippen molar-refractivity contribution < 1.29 is 4.74 Å². The molecule has 2 rings (SSSR count). The Balaban J connectivity index is 1.71. The first-order chi connectivity index (χ1) is 7.75. The largest absolute Gasteiger partial charge is 0.379 e. The first kappa shape index (κ1) is 12.3. The Morgan fingerprint density at radius 3 is 2.25 bits per heavy atom. The topological polar surface area (TPSA) is 24.5 Å². The van der Waals surface area contributed by atoms with Gasteiger partial charge in [0.25, 0.3) is 0 Å². The van der Waals surface area contributed by atoms with E-state index in [0.29, 0.717) is 6.04 Å². The summed E-state index contributed by atoms with van der Waals surface area (Å²) in [6.07, 6.45) is 5.43. The molecule has 0 unspecified atom stereocenters. The lowest BCUT2D eigenvalue weighted by molar-refractivity contribution is 0.00638. The van der Waals surface area contributed by atoms with Crippen LogP contribution in [0.2, 0.25) is 0 Å². The third kappa shape index (κ3) is 3.44. The van der Waals surface area contributed by atoms with Gasteiger partial charge in [-0.1, -0.05) is 13.8 Å². The highest BCUT2D eigenvalue weighted by Crippen LogP contribution is 2.24. The number of ether oxygens (including phenoxy) is 1. The third-order valence-electron chi connectivity index (χ3n) is 3.83. The lowest BCUT2D eigenvalue weighted by atomic mass is 9.89. The van der Waals surface area contributed by atoms with Crippen LogP contribution in [0.4, 0.5) is 0 Å². The Morgan fingerprint density at radius 2 is 1.69 bits per heavy atom. The standard InChI is InChI=1S/C13H26N2O/c1-11(2)14-12-3-5-13(6-4-12)15-7-9-16-10-8-15/h11-14H,3-10H2,1-2H3. The van der Waals surface area contributed by atoms with E-state index >= 15 is 0 Å². The number of morpholine rings is 1. The van der Waals surface area contributed by atoms with Gasteiger partial charge in [0.1, 0.15) is 0 Å². The fourth-order valence-electron chi connectivity index (χ4n) is 3.02. The van der Waals surface area contributed by atoms with Crippen LogP contribution in [0.1, 0.15) is 39.5 Å². The zero-order valence-electron chi connectivity index (χ0n) is 10.7. The van der Waals surface area contributed by atoms with E-state index in [4.69, 9.17) is 4.74 Å². The van der Waals surface area contributed by atoms with E-state index in [0.717, 1.165) is 38.4 Å². The fraction of sp³-hybridized carbons (Fsp3) is 1.00. The summed E-state index contributed by atoms with van der Waals surface area (Å²) >= 11 is 0. The molecule has 0 aromatic rings. The minimum Gasteiger partial charge on any atom is -0.379 e. The molecule has 0 spiro atoms. The van der Waals surface area contributed by atoms with E-state index in [1.54, 1.807) is 0 Å². The van der Waals surface area contributed by atoms with Crippen LogP contribution in [0.5, 0.6) is 0 Å². The highest BCUT2D eigenvalue weighted by Gasteiger charge is 2.26. The van der Waals surface area contributed by atoms with Gasteiger partial charge in [-0.15, -0.1) is 0 Å². The van der Waals surface area contributed by atoms with Gasteiger partial charge in [-0.25, -0.2) is 0 Å². The van der Waals surface area contributed by atoms with E-state index < -0.39 is 0 Å². The van der Waals surface area contributed by atoms with Gasteiger partial charge < -0.3 is 10.1 Å². The molecule has 3 heteroatoms. The summed E-state index contributed by atoms with van der Waals surface area (Å²) in [5.41, 5.74) is 0. The first-order valence-corrected chi connectivity index (χ1v) is 6.83. The first-order valence-electron chi connectivity index (χ1n) is 6.83. The number of nitrogens with zero attached hydrogens (tertiary/aromatic N) is 1. The van der Waals surface area contributed by atoms with Gasteiger partial charge in [-0.2, -0.15) is 0 Å². The van der Waals surface area contributed by atoms with Gasteiger partial charge in [0.2, 0.25) is 0 Å². The number of nitrogens with one attached hydrogen (secondary N) is 1. The molecule has 2 aliphatic rings. The van der Waals surface area contributed by atoms with Crippen LogP contribution >= 0.6 is 0 Å². The van der Waals surface area contributed by atoms with E-state index in [1.165, 1.54) is 25.7 Å². The Bertz CT molecular complexity index is 194. The second-order valence-electron chi connectivity index (χ2n) is 5.48. The second kappa shape index (κ2) is 5.99. The van der Waals surface area contributed by atoms with Gasteiger partial charge in [-0.05, 0) is 25.7 Å². The van der Waals surface area contributed by atoms with Crippen LogP contribution in [0.3, 0.4) is 0 Å². The predicted octanol–water partition coefficient (Wildman–Crippen LogP) is 1.63. The quantitative estimate of drug-likeness (QED) is 0.791. The third-order valence-corrected chi connectivity index (χ3v) is 3.83. The predicted molar refractivity (Wildman–Crippen MR) is 66.7 cm³/mol. The normalized spacial score (nSPS) is 33.2. The molecule has 0 aromatic heterocycles. The van der Waals surface area contributed by atoms with Crippen molar-refractivity contribution in [3.8, 4) is 0 Å². The van der Waals surface area contributed by atoms with Crippen LogP contribution < -0.4 is 5.32 Å². The average Bonchev–Trinajstić information content (AvgIpc) is 2.30. The maximum atomic E-state index is 5.41. The average molecular weight is 226 g/mol. The summed E-state index contributed by atoms with van der Waals surface area (Å²) < 4.78 is 5.41. The van der Waals surface area contributed by atoms with Crippen molar-refractivity contribution in [3.05, 3.63) is 0 Å². The minimum atomic E-state index is 0.630. The van der Waals surface area contributed by atoms with Crippen molar-refractivity contribution in [2.24, 2.45) is 0 Å². The molecule has 1 saturated heterocycles. The maximum absolute atomic E-state index is 5.41. The summed E-state index contributed by atoms with van der Waals surface area (Å²) in [4.78, 5) is 2.63. The maximum Gasteiger partial charge on any atom is 0.0594 e. The molecule has 0 atom stereocenters. The van der Waals surface area contributed by atoms with Gasteiger partial charge in [0.05, 0.1) is 13.2 Å². The van der Waals surface area contributed by atoms with E-state index in [2.05, 4.69) is 24.1 Å². The van der Waals surface area contributed by atoms with Gasteiger partial charge in [0, 0.05) is 31.2 Å². The van der Waals surface area contributed by atoms with Gasteiger partial charge >= 0.3 is 0 Å². The van der Waals surface area contributed by atoms with E-state index in [9.17, 15) is 0 Å². The summed E-state index contributed by atoms with van der Waals surface area (Å²) in [7, 11) is 0. The number of rotatable bonds is 3. The lowest BCUT2D eigenvalue weighted by Gasteiger charge is -2.39. The molecule has 1 saturated carbocycles. The molecule has 16 heavy (non-hydrogen) atoms.